The van der Waals surface area contributed by atoms with Gasteiger partial charge in [-0.25, -0.2) is 14.8 Å². The first-order chi connectivity index (χ1) is 18.0. The van der Waals surface area contributed by atoms with E-state index in [1.165, 1.54) is 77.8 Å². The summed E-state index contributed by atoms with van der Waals surface area (Å²) in [6, 6.07) is 0.346. The monoisotopic (exact) mass is 547 g/mol. The number of piperazine rings is 1. The molecule has 0 amide bonds. The van der Waals surface area contributed by atoms with Gasteiger partial charge in [-0.05, 0) is 64.2 Å². The molecule has 11 nitrogen and oxygen atoms in total. The minimum atomic E-state index is -1.18. The van der Waals surface area contributed by atoms with E-state index in [9.17, 15) is 9.90 Å². The van der Waals surface area contributed by atoms with Gasteiger partial charge in [0.05, 0.1) is 24.1 Å². The van der Waals surface area contributed by atoms with Crippen molar-refractivity contribution in [3.05, 3.63) is 24.3 Å². The van der Waals surface area contributed by atoms with E-state index >= 15 is 0 Å². The zero-order chi connectivity index (χ0) is 25.6. The quantitative estimate of drug-likeness (QED) is 0.426. The molecule has 0 unspecified atom stereocenters. The molecule has 0 saturated carbocycles. The molecule has 5 rings (SSSR count). The number of piperidine rings is 2. The van der Waals surface area contributed by atoms with Gasteiger partial charge in [-0.15, -0.1) is 12.4 Å². The summed E-state index contributed by atoms with van der Waals surface area (Å²) in [7, 11) is 0. The Morgan fingerprint density at radius 3 is 2.32 bits per heavy atom. The summed E-state index contributed by atoms with van der Waals surface area (Å²) < 4.78 is 1.99. The Labute approximate surface area is 231 Å². The molecule has 0 radical (unpaired) electrons. The number of carboxylic acids is 1. The molecule has 0 aromatic carbocycles. The molecule has 3 fully saturated rings. The lowest BCUT2D eigenvalue weighted by atomic mass is 9.97. The van der Waals surface area contributed by atoms with Gasteiger partial charge in [0, 0.05) is 57.6 Å². The van der Waals surface area contributed by atoms with E-state index in [1.807, 2.05) is 10.9 Å². The molecule has 5 heterocycles. The number of nitrogens with two attached hydrogens (primary N) is 1. The van der Waals surface area contributed by atoms with Crippen LogP contribution in [0.5, 0.6) is 0 Å². The molecule has 0 atom stereocenters. The topological polar surface area (TPSA) is 129 Å². The smallest absolute Gasteiger partial charge is 0.358 e. The largest absolute Gasteiger partial charge is 0.476 e. The van der Waals surface area contributed by atoms with E-state index in [-0.39, 0.29) is 23.9 Å². The first kappa shape index (κ1) is 28.7. The van der Waals surface area contributed by atoms with Gasteiger partial charge < -0.3 is 30.9 Å². The second-order valence-electron chi connectivity index (χ2n) is 10.8. The van der Waals surface area contributed by atoms with E-state index < -0.39 is 5.97 Å². The third kappa shape index (κ3) is 7.41. The number of aromatic nitrogens is 4. The van der Waals surface area contributed by atoms with Crippen molar-refractivity contribution >= 4 is 24.2 Å². The van der Waals surface area contributed by atoms with Crippen LogP contribution in [-0.2, 0) is 0 Å². The molecule has 12 heteroatoms. The number of anilines is 1. The summed E-state index contributed by atoms with van der Waals surface area (Å²) in [4.78, 5) is 27.4. The second kappa shape index (κ2) is 13.7. The first-order valence-corrected chi connectivity index (χ1v) is 13.8. The van der Waals surface area contributed by atoms with Crippen LogP contribution in [0.3, 0.4) is 0 Å². The van der Waals surface area contributed by atoms with Gasteiger partial charge in [-0.3, -0.25) is 4.68 Å². The maximum atomic E-state index is 11.3. The van der Waals surface area contributed by atoms with Crippen LogP contribution in [0.1, 0.15) is 48.6 Å². The van der Waals surface area contributed by atoms with Crippen molar-refractivity contribution in [2.45, 2.75) is 38.1 Å². The van der Waals surface area contributed by atoms with Crippen LogP contribution < -0.4 is 11.1 Å². The molecular formula is C26H42ClN9O2. The van der Waals surface area contributed by atoms with Gasteiger partial charge in [0.1, 0.15) is 0 Å². The van der Waals surface area contributed by atoms with Gasteiger partial charge in [-0.2, -0.15) is 5.10 Å². The number of nitrogens with zero attached hydrogens (tertiary/aromatic N) is 7. The first-order valence-electron chi connectivity index (χ1n) is 13.8. The molecule has 2 aromatic rings. The molecular weight excluding hydrogens is 506 g/mol. The average Bonchev–Trinajstić information content (AvgIpc) is 3.41. The number of halogens is 1. The number of carboxylic acid groups (broad SMARTS) is 1. The number of hydrogen-bond acceptors (Lipinski definition) is 9. The van der Waals surface area contributed by atoms with Crippen molar-refractivity contribution < 1.29 is 9.90 Å². The van der Waals surface area contributed by atoms with Crippen molar-refractivity contribution in [3.63, 3.8) is 0 Å². The maximum absolute atomic E-state index is 11.3. The lowest BCUT2D eigenvalue weighted by Gasteiger charge is -2.38. The predicted octanol–water partition coefficient (Wildman–Crippen LogP) is 1.69. The highest BCUT2D eigenvalue weighted by Crippen LogP contribution is 2.25. The Kier molecular flexibility index (Phi) is 10.3. The third-order valence-electron chi connectivity index (χ3n) is 8.22. The number of carbonyl (C=O) groups is 1. The van der Waals surface area contributed by atoms with Gasteiger partial charge in [0.15, 0.2) is 11.5 Å². The number of rotatable bonds is 9. The van der Waals surface area contributed by atoms with Crippen molar-refractivity contribution in [1.82, 2.24) is 39.8 Å². The number of likely N-dealkylation sites (tertiary alicyclic amines) is 1. The Bertz CT molecular complexity index is 1030. The van der Waals surface area contributed by atoms with Crippen LogP contribution in [-0.4, -0.2) is 118 Å². The van der Waals surface area contributed by atoms with Crippen LogP contribution in [0.15, 0.2) is 18.6 Å². The molecule has 0 aliphatic carbocycles. The minimum absolute atomic E-state index is 0. The molecule has 4 N–H and O–H groups in total. The number of hydrogen-bond donors (Lipinski definition) is 3. The van der Waals surface area contributed by atoms with Crippen LogP contribution in [0, 0.1) is 5.92 Å². The molecule has 3 aliphatic rings. The second-order valence-corrected chi connectivity index (χ2v) is 10.8. The minimum Gasteiger partial charge on any atom is -0.476 e. The number of nitrogens with one attached hydrogen (secondary N) is 1. The van der Waals surface area contributed by atoms with E-state index in [0.717, 1.165) is 44.0 Å². The van der Waals surface area contributed by atoms with Crippen LogP contribution in [0.2, 0.25) is 0 Å². The Balaban J connectivity index is 0.00000336. The SMILES string of the molecule is Cl.Nc1ncc(-c2cnn(C3CCN(CCCN4CCN(CC5CCNCC5)CC4)CC3)c2)nc1C(=O)O. The number of aromatic carboxylic acids is 1. The van der Waals surface area contributed by atoms with E-state index in [2.05, 4.69) is 35.1 Å². The lowest BCUT2D eigenvalue weighted by Crippen LogP contribution is -2.49. The van der Waals surface area contributed by atoms with Gasteiger partial charge in [-0.1, -0.05) is 0 Å². The van der Waals surface area contributed by atoms with Gasteiger partial charge in [0.25, 0.3) is 0 Å². The maximum Gasteiger partial charge on any atom is 0.358 e. The van der Waals surface area contributed by atoms with E-state index in [0.29, 0.717) is 11.7 Å². The Morgan fingerprint density at radius 2 is 1.63 bits per heavy atom. The molecule has 38 heavy (non-hydrogen) atoms. The lowest BCUT2D eigenvalue weighted by molar-refractivity contribution is 0.0691. The molecule has 210 valence electrons. The van der Waals surface area contributed by atoms with Crippen LogP contribution in [0.25, 0.3) is 11.3 Å². The zero-order valence-electron chi connectivity index (χ0n) is 22.2. The standard InChI is InChI=1S/C26H41N9O2.ClH/c27-25-24(26(36)37)31-23(17-29-25)21-16-30-35(19-21)22-4-10-32(11-5-22)8-1-9-33-12-14-34(15-13-33)18-20-2-6-28-7-3-20;/h16-17,19-20,22,28H,1-15,18H2,(H2,27,29)(H,36,37);1H. The molecule has 2 aromatic heterocycles. The molecule has 3 saturated heterocycles. The zero-order valence-corrected chi connectivity index (χ0v) is 23.0. The fraction of sp³-hybridized carbons (Fsp3) is 0.692. The van der Waals surface area contributed by atoms with E-state index in [4.69, 9.17) is 5.73 Å². The normalized spacial score (nSPS) is 20.8. The van der Waals surface area contributed by atoms with Crippen LogP contribution >= 0.6 is 12.4 Å². The summed E-state index contributed by atoms with van der Waals surface area (Å²) in [6.07, 6.45) is 11.2. The number of nitrogen functional groups attached to an aromatic ring is 1. The highest BCUT2D eigenvalue weighted by Gasteiger charge is 2.24. The molecule has 0 spiro atoms. The van der Waals surface area contributed by atoms with Gasteiger partial charge >= 0.3 is 5.97 Å². The Morgan fingerprint density at radius 1 is 0.974 bits per heavy atom. The molecule has 0 bridgehead atoms. The highest BCUT2D eigenvalue weighted by atomic mass is 35.5. The van der Waals surface area contributed by atoms with Gasteiger partial charge in [0.2, 0.25) is 0 Å². The van der Waals surface area contributed by atoms with Crippen molar-refractivity contribution in [1.29, 1.82) is 0 Å². The Hall–Kier alpha value is -2.31. The van der Waals surface area contributed by atoms with Crippen LogP contribution in [0.4, 0.5) is 5.82 Å². The highest BCUT2D eigenvalue weighted by molar-refractivity contribution is 5.90. The van der Waals surface area contributed by atoms with Crippen molar-refractivity contribution in [2.75, 3.05) is 77.7 Å². The molecule has 3 aliphatic heterocycles. The summed E-state index contributed by atoms with van der Waals surface area (Å²) in [6.45, 7) is 13.1. The average molecular weight is 548 g/mol. The summed E-state index contributed by atoms with van der Waals surface area (Å²) in [5.74, 6) is -0.368. The summed E-state index contributed by atoms with van der Waals surface area (Å²) >= 11 is 0. The van der Waals surface area contributed by atoms with Crippen molar-refractivity contribution in [2.24, 2.45) is 5.92 Å². The van der Waals surface area contributed by atoms with Crippen molar-refractivity contribution in [3.8, 4) is 11.3 Å². The summed E-state index contributed by atoms with van der Waals surface area (Å²) in [5, 5.41) is 17.3. The predicted molar refractivity (Wildman–Crippen MR) is 150 cm³/mol. The van der Waals surface area contributed by atoms with E-state index in [1.54, 1.807) is 6.20 Å². The third-order valence-corrected chi connectivity index (χ3v) is 8.22. The fourth-order valence-electron chi connectivity index (χ4n) is 5.92. The summed E-state index contributed by atoms with van der Waals surface area (Å²) in [5.41, 5.74) is 6.64. The fourth-order valence-corrected chi connectivity index (χ4v) is 5.92.